The van der Waals surface area contributed by atoms with Crippen molar-refractivity contribution in [3.05, 3.63) is 71.2 Å². The fourth-order valence-corrected chi connectivity index (χ4v) is 4.39. The molecule has 158 valence electrons. The van der Waals surface area contributed by atoms with Crippen LogP contribution >= 0.6 is 11.3 Å². The number of nitrogens with zero attached hydrogens (tertiary/aromatic N) is 1. The van der Waals surface area contributed by atoms with Gasteiger partial charge >= 0.3 is 0 Å². The van der Waals surface area contributed by atoms with Crippen molar-refractivity contribution in [2.45, 2.75) is 31.9 Å². The summed E-state index contributed by atoms with van der Waals surface area (Å²) in [7, 11) is 0. The average molecular weight is 435 g/mol. The number of thiazole rings is 1. The number of fused-ring (bicyclic) bond motifs is 2. The second-order valence-electron chi connectivity index (χ2n) is 7.23. The molecule has 0 unspecified atom stereocenters. The van der Waals surface area contributed by atoms with Crippen molar-refractivity contribution >= 4 is 44.7 Å². The summed E-state index contributed by atoms with van der Waals surface area (Å²) >= 11 is 1.62. The van der Waals surface area contributed by atoms with Crippen LogP contribution in [0, 0.1) is 0 Å². The molecular formula is C24H22N2O4S. The molecule has 1 saturated carbocycles. The van der Waals surface area contributed by atoms with Crippen molar-refractivity contribution in [2.24, 2.45) is 0 Å². The smallest absolute Gasteiger partial charge is 0.290 e. The van der Waals surface area contributed by atoms with Crippen LogP contribution in [0.1, 0.15) is 34.6 Å². The number of ether oxygens (including phenoxy) is 1. The van der Waals surface area contributed by atoms with E-state index in [-0.39, 0.29) is 18.4 Å². The van der Waals surface area contributed by atoms with Gasteiger partial charge in [0.1, 0.15) is 17.4 Å². The number of rotatable bonds is 5. The van der Waals surface area contributed by atoms with Crippen LogP contribution in [0.2, 0.25) is 0 Å². The molecule has 5 rings (SSSR count). The maximum absolute atomic E-state index is 12.9. The van der Waals surface area contributed by atoms with E-state index in [2.05, 4.69) is 16.4 Å². The van der Waals surface area contributed by atoms with E-state index in [0.717, 1.165) is 38.8 Å². The van der Waals surface area contributed by atoms with Crippen molar-refractivity contribution in [3.63, 3.8) is 0 Å². The van der Waals surface area contributed by atoms with Gasteiger partial charge in [-0.15, -0.1) is 11.3 Å². The minimum Gasteiger partial charge on any atom is -0.485 e. The largest absolute Gasteiger partial charge is 0.485 e. The van der Waals surface area contributed by atoms with Gasteiger partial charge in [0.2, 0.25) is 0 Å². The highest BCUT2D eigenvalue weighted by Gasteiger charge is 2.23. The molecule has 0 radical (unpaired) electrons. The van der Waals surface area contributed by atoms with Crippen molar-refractivity contribution in [3.8, 4) is 5.75 Å². The van der Waals surface area contributed by atoms with Gasteiger partial charge in [0, 0.05) is 11.4 Å². The molecule has 6 nitrogen and oxygen atoms in total. The number of amides is 1. The van der Waals surface area contributed by atoms with Gasteiger partial charge in [-0.2, -0.15) is 0 Å². The summed E-state index contributed by atoms with van der Waals surface area (Å²) in [6, 6.07) is 20.2. The first kappa shape index (κ1) is 20.8. The van der Waals surface area contributed by atoms with Gasteiger partial charge in [-0.25, -0.2) is 4.98 Å². The van der Waals surface area contributed by atoms with E-state index in [9.17, 15) is 4.79 Å². The Labute approximate surface area is 183 Å². The average Bonchev–Trinajstić information content (AvgIpc) is 3.18. The molecular weight excluding hydrogens is 412 g/mol. The molecule has 1 amide bonds. The highest BCUT2D eigenvalue weighted by Crippen LogP contribution is 2.32. The molecule has 0 saturated heterocycles. The Morgan fingerprint density at radius 1 is 1.13 bits per heavy atom. The molecule has 0 spiro atoms. The van der Waals surface area contributed by atoms with Gasteiger partial charge < -0.3 is 15.2 Å². The van der Waals surface area contributed by atoms with Crippen LogP contribution in [0.4, 0.5) is 0 Å². The monoisotopic (exact) mass is 434 g/mol. The van der Waals surface area contributed by atoms with Crippen LogP contribution in [0.3, 0.4) is 0 Å². The van der Waals surface area contributed by atoms with E-state index in [4.69, 9.17) is 14.6 Å². The van der Waals surface area contributed by atoms with Crippen LogP contribution < -0.4 is 10.1 Å². The van der Waals surface area contributed by atoms with E-state index >= 15 is 0 Å². The highest BCUT2D eigenvalue weighted by molar-refractivity contribution is 7.18. The third-order valence-corrected chi connectivity index (χ3v) is 6.25. The van der Waals surface area contributed by atoms with E-state index in [0.29, 0.717) is 17.9 Å². The van der Waals surface area contributed by atoms with E-state index in [1.807, 2.05) is 54.6 Å². The SMILES string of the molecule is O=C(NC1CCC1)c1ccc2ccccc2c1OCc1nc2ccccc2s1.O=CO. The van der Waals surface area contributed by atoms with Gasteiger partial charge in [0.05, 0.1) is 15.8 Å². The number of aromatic nitrogens is 1. The lowest BCUT2D eigenvalue weighted by molar-refractivity contribution is -0.122. The van der Waals surface area contributed by atoms with Crippen LogP contribution in [-0.4, -0.2) is 28.5 Å². The Morgan fingerprint density at radius 2 is 1.87 bits per heavy atom. The van der Waals surface area contributed by atoms with Crippen molar-refractivity contribution in [2.75, 3.05) is 0 Å². The van der Waals surface area contributed by atoms with Crippen LogP contribution in [-0.2, 0) is 11.4 Å². The highest BCUT2D eigenvalue weighted by atomic mass is 32.1. The molecule has 4 aromatic rings. The molecule has 2 N–H and O–H groups in total. The van der Waals surface area contributed by atoms with Crippen molar-refractivity contribution in [1.29, 1.82) is 0 Å². The summed E-state index contributed by atoms with van der Waals surface area (Å²) < 4.78 is 7.35. The molecule has 0 atom stereocenters. The fourth-order valence-electron chi connectivity index (χ4n) is 3.51. The first-order valence-corrected chi connectivity index (χ1v) is 10.9. The first-order chi connectivity index (χ1) is 15.2. The maximum atomic E-state index is 12.9. The second kappa shape index (κ2) is 9.57. The predicted molar refractivity (Wildman–Crippen MR) is 122 cm³/mol. The zero-order valence-corrected chi connectivity index (χ0v) is 17.6. The normalized spacial score (nSPS) is 13.2. The van der Waals surface area contributed by atoms with Crippen molar-refractivity contribution in [1.82, 2.24) is 10.3 Å². The van der Waals surface area contributed by atoms with Gasteiger partial charge in [-0.3, -0.25) is 9.59 Å². The second-order valence-corrected chi connectivity index (χ2v) is 8.35. The van der Waals surface area contributed by atoms with Crippen LogP contribution in [0.25, 0.3) is 21.0 Å². The molecule has 31 heavy (non-hydrogen) atoms. The van der Waals surface area contributed by atoms with Crippen LogP contribution in [0.15, 0.2) is 60.7 Å². The Balaban J connectivity index is 0.000000730. The molecule has 1 heterocycles. The summed E-state index contributed by atoms with van der Waals surface area (Å²) in [5.41, 5.74) is 1.57. The minimum absolute atomic E-state index is 0.0604. The van der Waals surface area contributed by atoms with Crippen LogP contribution in [0.5, 0.6) is 5.75 Å². The number of hydrogen-bond acceptors (Lipinski definition) is 5. The number of benzene rings is 3. The summed E-state index contributed by atoms with van der Waals surface area (Å²) in [6.07, 6.45) is 3.30. The molecule has 0 bridgehead atoms. The fraction of sp³-hybridized carbons (Fsp3) is 0.208. The Kier molecular flexibility index (Phi) is 6.43. The lowest BCUT2D eigenvalue weighted by atomic mass is 9.92. The summed E-state index contributed by atoms with van der Waals surface area (Å²) in [5.74, 6) is 0.573. The number of nitrogens with one attached hydrogen (secondary N) is 1. The van der Waals surface area contributed by atoms with E-state index in [1.54, 1.807) is 11.3 Å². The van der Waals surface area contributed by atoms with E-state index < -0.39 is 0 Å². The van der Waals surface area contributed by atoms with E-state index in [1.165, 1.54) is 6.42 Å². The molecule has 0 aliphatic heterocycles. The van der Waals surface area contributed by atoms with Gasteiger partial charge in [-0.05, 0) is 42.8 Å². The lowest BCUT2D eigenvalue weighted by Gasteiger charge is -2.26. The van der Waals surface area contributed by atoms with Gasteiger partial charge in [0.15, 0.2) is 0 Å². The molecule has 1 fully saturated rings. The molecule has 1 aliphatic rings. The molecule has 1 aromatic heterocycles. The topological polar surface area (TPSA) is 88.5 Å². The first-order valence-electron chi connectivity index (χ1n) is 10.1. The zero-order chi connectivity index (χ0) is 21.6. The molecule has 7 heteroatoms. The number of carbonyl (C=O) groups is 2. The minimum atomic E-state index is -0.250. The summed E-state index contributed by atoms with van der Waals surface area (Å²) in [4.78, 5) is 25.9. The van der Waals surface area contributed by atoms with Gasteiger partial charge in [0.25, 0.3) is 12.4 Å². The molecule has 1 aliphatic carbocycles. The lowest BCUT2D eigenvalue weighted by Crippen LogP contribution is -2.39. The Morgan fingerprint density at radius 3 is 2.61 bits per heavy atom. The molecule has 3 aromatic carbocycles. The standard InChI is InChI=1S/C23H20N2O2S.CH2O2/c26-23(24-16-7-5-8-16)18-13-12-15-6-1-2-9-17(15)22(18)27-14-21-25-19-10-3-4-11-20(19)28-21;2-1-3/h1-4,6,9-13,16H,5,7-8,14H2,(H,24,26);1H,(H,2,3). The number of carbonyl (C=O) groups excluding carboxylic acids is 1. The Hall–Kier alpha value is -3.45. The number of hydrogen-bond donors (Lipinski definition) is 2. The summed E-state index contributed by atoms with van der Waals surface area (Å²) in [5, 5.41) is 12.9. The van der Waals surface area contributed by atoms with Gasteiger partial charge in [-0.1, -0.05) is 42.5 Å². The number of para-hydroxylation sites is 1. The summed E-state index contributed by atoms with van der Waals surface area (Å²) in [6.45, 7) is 0.0943. The third kappa shape index (κ3) is 4.67. The Bertz CT molecular complexity index is 1180. The predicted octanol–water partition coefficient (Wildman–Crippen LogP) is 5.01. The zero-order valence-electron chi connectivity index (χ0n) is 16.8. The maximum Gasteiger partial charge on any atom is 0.290 e. The number of carboxylic acid groups (broad SMARTS) is 1. The van der Waals surface area contributed by atoms with Crippen molar-refractivity contribution < 1.29 is 19.4 Å². The quantitative estimate of drug-likeness (QED) is 0.431. The third-order valence-electron chi connectivity index (χ3n) is 5.24.